The van der Waals surface area contributed by atoms with Crippen LogP contribution in [-0.4, -0.2) is 4.98 Å². The Morgan fingerprint density at radius 3 is 2.00 bits per heavy atom. The van der Waals surface area contributed by atoms with Gasteiger partial charge in [0, 0.05) is 5.92 Å². The molecule has 2 aromatic rings. The number of nitrogens with zero attached hydrogens (tertiary/aromatic N) is 1. The smallest absolute Gasteiger partial charge is 0.198 e. The average molecular weight is 217 g/mol. The average Bonchev–Trinajstić information content (AvgIpc) is 2.68. The van der Waals surface area contributed by atoms with E-state index in [4.69, 9.17) is 4.42 Å². The number of hydrogen-bond acceptors (Lipinski definition) is 2. The van der Waals surface area contributed by atoms with Gasteiger partial charge >= 0.3 is 0 Å². The predicted octanol–water partition coefficient (Wildman–Crippen LogP) is 4.18. The van der Waals surface area contributed by atoms with Gasteiger partial charge in [-0.3, -0.25) is 0 Å². The molecule has 16 heavy (non-hydrogen) atoms. The Kier molecular flexibility index (Phi) is 2.53. The van der Waals surface area contributed by atoms with Crippen LogP contribution in [-0.2, 0) is 0 Å². The van der Waals surface area contributed by atoms with Crippen molar-refractivity contribution >= 4 is 11.1 Å². The lowest BCUT2D eigenvalue weighted by Gasteiger charge is -2.08. The van der Waals surface area contributed by atoms with E-state index in [2.05, 4.69) is 46.5 Å². The summed E-state index contributed by atoms with van der Waals surface area (Å²) in [5.41, 5.74) is 7.10. The highest BCUT2D eigenvalue weighted by atomic mass is 16.3. The minimum absolute atomic E-state index is 0.340. The molecule has 0 spiro atoms. The molecule has 1 heterocycles. The first-order valence-electron chi connectivity index (χ1n) is 5.80. The molecule has 0 aliphatic heterocycles. The van der Waals surface area contributed by atoms with Gasteiger partial charge in [0.1, 0.15) is 5.52 Å². The molecular formula is C14H19NO. The maximum absolute atomic E-state index is 5.87. The highest BCUT2D eigenvalue weighted by molar-refractivity contribution is 5.82. The van der Waals surface area contributed by atoms with Crippen LogP contribution in [0.2, 0.25) is 0 Å². The van der Waals surface area contributed by atoms with Gasteiger partial charge < -0.3 is 4.42 Å². The molecule has 2 nitrogen and oxygen atoms in total. The van der Waals surface area contributed by atoms with E-state index in [1.54, 1.807) is 0 Å². The van der Waals surface area contributed by atoms with E-state index in [0.717, 1.165) is 17.0 Å². The molecule has 0 fully saturated rings. The molecule has 0 amide bonds. The van der Waals surface area contributed by atoms with Crippen LogP contribution in [0.4, 0.5) is 0 Å². The molecule has 0 aliphatic carbocycles. The monoisotopic (exact) mass is 217 g/mol. The third-order valence-electron chi connectivity index (χ3n) is 3.52. The Morgan fingerprint density at radius 1 is 0.875 bits per heavy atom. The fourth-order valence-corrected chi connectivity index (χ4v) is 2.00. The quantitative estimate of drug-likeness (QED) is 0.716. The Labute approximate surface area is 96.7 Å². The molecular weight excluding hydrogens is 198 g/mol. The van der Waals surface area contributed by atoms with Crippen LogP contribution in [0.5, 0.6) is 0 Å². The molecule has 0 N–H and O–H groups in total. The summed E-state index contributed by atoms with van der Waals surface area (Å²) >= 11 is 0. The lowest BCUT2D eigenvalue weighted by atomic mass is 9.98. The van der Waals surface area contributed by atoms with Crippen molar-refractivity contribution in [3.63, 3.8) is 0 Å². The molecule has 1 aromatic heterocycles. The zero-order valence-corrected chi connectivity index (χ0v) is 10.9. The van der Waals surface area contributed by atoms with Gasteiger partial charge in [0.15, 0.2) is 11.5 Å². The van der Waals surface area contributed by atoms with Crippen molar-refractivity contribution < 1.29 is 4.42 Å². The summed E-state index contributed by atoms with van der Waals surface area (Å²) in [7, 11) is 0. The minimum Gasteiger partial charge on any atom is -0.440 e. The van der Waals surface area contributed by atoms with E-state index in [1.807, 2.05) is 0 Å². The second-order valence-electron chi connectivity index (χ2n) is 4.88. The van der Waals surface area contributed by atoms with Crippen LogP contribution >= 0.6 is 0 Å². The first-order chi connectivity index (χ1) is 7.43. The van der Waals surface area contributed by atoms with Gasteiger partial charge in [-0.25, -0.2) is 4.98 Å². The van der Waals surface area contributed by atoms with Crippen molar-refractivity contribution in [2.24, 2.45) is 0 Å². The summed E-state index contributed by atoms with van der Waals surface area (Å²) in [6.45, 7) is 12.7. The van der Waals surface area contributed by atoms with Gasteiger partial charge in [0.05, 0.1) is 0 Å². The first-order valence-corrected chi connectivity index (χ1v) is 5.80. The van der Waals surface area contributed by atoms with Gasteiger partial charge in [0.25, 0.3) is 0 Å². The largest absolute Gasteiger partial charge is 0.440 e. The van der Waals surface area contributed by atoms with E-state index in [1.165, 1.54) is 22.3 Å². The fourth-order valence-electron chi connectivity index (χ4n) is 2.00. The number of rotatable bonds is 1. The third-order valence-corrected chi connectivity index (χ3v) is 3.52. The SMILES string of the molecule is Cc1c(C)c(C)c2oc(C(C)C)nc2c1C. The third kappa shape index (κ3) is 1.44. The molecule has 0 atom stereocenters. The Hall–Kier alpha value is -1.31. The molecule has 0 saturated heterocycles. The zero-order valence-electron chi connectivity index (χ0n) is 10.9. The molecule has 0 unspecified atom stereocenters. The number of aryl methyl sites for hydroxylation is 2. The van der Waals surface area contributed by atoms with E-state index in [-0.39, 0.29) is 0 Å². The van der Waals surface area contributed by atoms with Gasteiger partial charge in [-0.05, 0) is 49.9 Å². The van der Waals surface area contributed by atoms with Crippen LogP contribution in [0.3, 0.4) is 0 Å². The van der Waals surface area contributed by atoms with Gasteiger partial charge in [-0.2, -0.15) is 0 Å². The highest BCUT2D eigenvalue weighted by Gasteiger charge is 2.16. The minimum atomic E-state index is 0.340. The maximum Gasteiger partial charge on any atom is 0.198 e. The molecule has 86 valence electrons. The van der Waals surface area contributed by atoms with Crippen LogP contribution < -0.4 is 0 Å². The molecule has 1 aromatic carbocycles. The molecule has 2 rings (SSSR count). The van der Waals surface area contributed by atoms with E-state index >= 15 is 0 Å². The molecule has 0 bridgehead atoms. The fraction of sp³-hybridized carbons (Fsp3) is 0.500. The lowest BCUT2D eigenvalue weighted by Crippen LogP contribution is -1.92. The number of hydrogen-bond donors (Lipinski definition) is 0. The predicted molar refractivity (Wildman–Crippen MR) is 67.0 cm³/mol. The molecule has 0 saturated carbocycles. The summed E-state index contributed by atoms with van der Waals surface area (Å²) in [6, 6.07) is 0. The Morgan fingerprint density at radius 2 is 1.44 bits per heavy atom. The summed E-state index contributed by atoms with van der Waals surface area (Å²) < 4.78 is 5.87. The summed E-state index contributed by atoms with van der Waals surface area (Å²) in [5.74, 6) is 1.18. The van der Waals surface area contributed by atoms with Crippen molar-refractivity contribution in [2.75, 3.05) is 0 Å². The summed E-state index contributed by atoms with van der Waals surface area (Å²) in [6.07, 6.45) is 0. The molecule has 2 heteroatoms. The first kappa shape index (κ1) is 11.2. The van der Waals surface area contributed by atoms with Crippen molar-refractivity contribution in [1.82, 2.24) is 4.98 Å². The lowest BCUT2D eigenvalue weighted by molar-refractivity contribution is 0.500. The normalized spacial score (nSPS) is 11.7. The van der Waals surface area contributed by atoms with Gasteiger partial charge in [-0.1, -0.05) is 13.8 Å². The second kappa shape index (κ2) is 3.62. The molecule has 0 aliphatic rings. The van der Waals surface area contributed by atoms with Gasteiger partial charge in [-0.15, -0.1) is 0 Å². The zero-order chi connectivity index (χ0) is 12.0. The van der Waals surface area contributed by atoms with Gasteiger partial charge in [0.2, 0.25) is 0 Å². The van der Waals surface area contributed by atoms with E-state index in [9.17, 15) is 0 Å². The molecule has 0 radical (unpaired) electrons. The van der Waals surface area contributed by atoms with Crippen LogP contribution in [0.15, 0.2) is 4.42 Å². The topological polar surface area (TPSA) is 26.0 Å². The van der Waals surface area contributed by atoms with Crippen molar-refractivity contribution in [2.45, 2.75) is 47.5 Å². The van der Waals surface area contributed by atoms with Crippen molar-refractivity contribution in [3.8, 4) is 0 Å². The summed E-state index contributed by atoms with van der Waals surface area (Å²) in [4.78, 5) is 4.61. The van der Waals surface area contributed by atoms with Crippen LogP contribution in [0.25, 0.3) is 11.1 Å². The van der Waals surface area contributed by atoms with E-state index < -0.39 is 0 Å². The van der Waals surface area contributed by atoms with Crippen LogP contribution in [0, 0.1) is 27.7 Å². The summed E-state index contributed by atoms with van der Waals surface area (Å²) in [5, 5.41) is 0. The Bertz CT molecular complexity index is 505. The van der Waals surface area contributed by atoms with Crippen molar-refractivity contribution in [1.29, 1.82) is 0 Å². The number of aromatic nitrogens is 1. The Balaban J connectivity index is 2.86. The second-order valence-corrected chi connectivity index (χ2v) is 4.88. The van der Waals surface area contributed by atoms with Crippen LogP contribution in [0.1, 0.15) is 47.9 Å². The highest BCUT2D eigenvalue weighted by Crippen LogP contribution is 2.31. The standard InChI is InChI=1S/C14H19NO/c1-7(2)14-15-12-10(5)8(3)9(4)11(6)13(12)16-14/h7H,1-6H3. The number of benzene rings is 1. The number of oxazole rings is 1. The maximum atomic E-state index is 5.87. The van der Waals surface area contributed by atoms with Crippen molar-refractivity contribution in [3.05, 3.63) is 28.1 Å². The number of fused-ring (bicyclic) bond motifs is 1. The van der Waals surface area contributed by atoms with E-state index in [0.29, 0.717) is 5.92 Å².